The standard InChI is InChI=1S/C9H6NS.CH3.Ir/c1-2-6-10-8(4-1)9-5-3-7-11-9;;/h1-4,6-7H;1H3;/q2*-1;. The minimum absolute atomic E-state index is 0. The van der Waals surface area contributed by atoms with Gasteiger partial charge in [0.1, 0.15) is 0 Å². The van der Waals surface area contributed by atoms with E-state index in [4.69, 9.17) is 0 Å². The fourth-order valence-electron chi connectivity index (χ4n) is 0.877. The normalized spacial score (nSPS) is 8.31. The van der Waals surface area contributed by atoms with Gasteiger partial charge in [-0.2, -0.15) is 12.1 Å². The van der Waals surface area contributed by atoms with Gasteiger partial charge in [-0.1, -0.05) is 17.0 Å². The van der Waals surface area contributed by atoms with Gasteiger partial charge in [0.05, 0.1) is 0 Å². The van der Waals surface area contributed by atoms with Gasteiger partial charge in [-0.05, 0) is 11.8 Å². The SMILES string of the molecule is [CH3-].[Ir].[c-]1ccsc1-c1ccccn1. The van der Waals surface area contributed by atoms with Crippen LogP contribution >= 0.6 is 11.3 Å². The Bertz CT molecular complexity index is 318. The van der Waals surface area contributed by atoms with Crippen molar-refractivity contribution in [2.24, 2.45) is 0 Å². The molecule has 1 nitrogen and oxygen atoms in total. The van der Waals surface area contributed by atoms with Gasteiger partial charge < -0.3 is 12.4 Å². The van der Waals surface area contributed by atoms with E-state index in [1.807, 2.05) is 29.6 Å². The molecular formula is C10H9IrNS-2. The van der Waals surface area contributed by atoms with E-state index in [1.165, 1.54) is 0 Å². The van der Waals surface area contributed by atoms with Crippen molar-refractivity contribution < 1.29 is 20.1 Å². The summed E-state index contributed by atoms with van der Waals surface area (Å²) in [6, 6.07) is 10.9. The summed E-state index contributed by atoms with van der Waals surface area (Å²) in [5, 5.41) is 2.00. The van der Waals surface area contributed by atoms with Gasteiger partial charge in [0.25, 0.3) is 0 Å². The van der Waals surface area contributed by atoms with Crippen molar-refractivity contribution >= 4 is 11.3 Å². The molecule has 0 aliphatic rings. The number of aromatic nitrogens is 1. The average molecular weight is 367 g/mol. The molecule has 0 bridgehead atoms. The van der Waals surface area contributed by atoms with Gasteiger partial charge in [-0.3, -0.25) is 0 Å². The van der Waals surface area contributed by atoms with E-state index in [2.05, 4.69) is 11.1 Å². The maximum Gasteiger partial charge on any atom is 0.0124 e. The maximum atomic E-state index is 4.20. The molecule has 0 fully saturated rings. The monoisotopic (exact) mass is 368 g/mol. The summed E-state index contributed by atoms with van der Waals surface area (Å²) >= 11 is 1.66. The van der Waals surface area contributed by atoms with Crippen LogP contribution in [0.4, 0.5) is 0 Å². The second kappa shape index (κ2) is 6.03. The van der Waals surface area contributed by atoms with Gasteiger partial charge in [0, 0.05) is 26.3 Å². The molecule has 0 aliphatic carbocycles. The number of rotatable bonds is 1. The van der Waals surface area contributed by atoms with E-state index in [1.54, 1.807) is 17.5 Å². The summed E-state index contributed by atoms with van der Waals surface area (Å²) in [6.07, 6.45) is 1.79. The Morgan fingerprint density at radius 2 is 2.15 bits per heavy atom. The number of pyridine rings is 1. The third-order valence-electron chi connectivity index (χ3n) is 1.37. The topological polar surface area (TPSA) is 12.9 Å². The van der Waals surface area contributed by atoms with Crippen LogP contribution < -0.4 is 0 Å². The van der Waals surface area contributed by atoms with Crippen LogP contribution in [-0.4, -0.2) is 4.98 Å². The molecule has 1 radical (unpaired) electrons. The summed E-state index contributed by atoms with van der Waals surface area (Å²) in [7, 11) is 0. The van der Waals surface area contributed by atoms with E-state index < -0.39 is 0 Å². The molecular weight excluding hydrogens is 358 g/mol. The minimum Gasteiger partial charge on any atom is -0.358 e. The van der Waals surface area contributed by atoms with Crippen LogP contribution in [0, 0.1) is 13.5 Å². The first-order valence-corrected chi connectivity index (χ1v) is 4.21. The van der Waals surface area contributed by atoms with E-state index in [0.29, 0.717) is 0 Å². The zero-order chi connectivity index (χ0) is 7.52. The molecule has 0 saturated heterocycles. The molecule has 2 aromatic rings. The Hall–Kier alpha value is -0.501. The zero-order valence-corrected chi connectivity index (χ0v) is 10.4. The number of hydrogen-bond acceptors (Lipinski definition) is 2. The van der Waals surface area contributed by atoms with Crippen LogP contribution in [0.3, 0.4) is 0 Å². The first-order chi connectivity index (χ1) is 5.47. The molecule has 0 aromatic carbocycles. The van der Waals surface area contributed by atoms with Gasteiger partial charge in [0.15, 0.2) is 0 Å². The van der Waals surface area contributed by atoms with Gasteiger partial charge in [-0.25, -0.2) is 11.3 Å². The molecule has 0 amide bonds. The summed E-state index contributed by atoms with van der Waals surface area (Å²) in [4.78, 5) is 5.30. The Kier molecular flexibility index (Phi) is 5.80. The molecule has 0 saturated carbocycles. The summed E-state index contributed by atoms with van der Waals surface area (Å²) in [6.45, 7) is 0. The number of hydrogen-bond donors (Lipinski definition) is 0. The van der Waals surface area contributed by atoms with Gasteiger partial charge >= 0.3 is 0 Å². The van der Waals surface area contributed by atoms with Gasteiger partial charge in [-0.15, -0.1) is 5.38 Å². The van der Waals surface area contributed by atoms with Crippen LogP contribution in [0.5, 0.6) is 0 Å². The molecule has 13 heavy (non-hydrogen) atoms. The van der Waals surface area contributed by atoms with Crippen molar-refractivity contribution in [1.29, 1.82) is 0 Å². The second-order valence-corrected chi connectivity index (χ2v) is 3.03. The fourth-order valence-corrected chi connectivity index (χ4v) is 1.53. The maximum absolute atomic E-state index is 4.20. The Balaban J connectivity index is 0.000000720. The molecule has 0 spiro atoms. The molecule has 2 rings (SSSR count). The van der Waals surface area contributed by atoms with Crippen LogP contribution in [0.25, 0.3) is 10.6 Å². The molecule has 0 atom stereocenters. The largest absolute Gasteiger partial charge is 0.358 e. The van der Waals surface area contributed by atoms with Crippen molar-refractivity contribution in [3.8, 4) is 10.6 Å². The number of nitrogens with zero attached hydrogens (tertiary/aromatic N) is 1. The fraction of sp³-hybridized carbons (Fsp3) is 0. The van der Waals surface area contributed by atoms with Crippen molar-refractivity contribution in [2.75, 3.05) is 0 Å². The Morgan fingerprint density at radius 1 is 1.31 bits per heavy atom. The van der Waals surface area contributed by atoms with Crippen LogP contribution in [-0.2, 0) is 20.1 Å². The van der Waals surface area contributed by atoms with Crippen LogP contribution in [0.2, 0.25) is 0 Å². The van der Waals surface area contributed by atoms with Gasteiger partial charge in [0.2, 0.25) is 0 Å². The first-order valence-electron chi connectivity index (χ1n) is 3.33. The Morgan fingerprint density at radius 3 is 2.69 bits per heavy atom. The molecule has 2 aromatic heterocycles. The van der Waals surface area contributed by atoms with Crippen molar-refractivity contribution in [1.82, 2.24) is 4.98 Å². The Labute approximate surface area is 96.2 Å². The quantitative estimate of drug-likeness (QED) is 0.706. The predicted octanol–water partition coefficient (Wildman–Crippen LogP) is 3.06. The van der Waals surface area contributed by atoms with Crippen molar-refractivity contribution in [2.45, 2.75) is 0 Å². The smallest absolute Gasteiger partial charge is 0.0124 e. The summed E-state index contributed by atoms with van der Waals surface area (Å²) < 4.78 is 0. The molecule has 0 aliphatic heterocycles. The van der Waals surface area contributed by atoms with E-state index >= 15 is 0 Å². The molecule has 0 N–H and O–H groups in total. The van der Waals surface area contributed by atoms with E-state index in [-0.39, 0.29) is 27.5 Å². The predicted molar refractivity (Wildman–Crippen MR) is 52.8 cm³/mol. The van der Waals surface area contributed by atoms with Crippen molar-refractivity contribution in [3.63, 3.8) is 0 Å². The van der Waals surface area contributed by atoms with E-state index in [9.17, 15) is 0 Å². The van der Waals surface area contributed by atoms with Crippen LogP contribution in [0.1, 0.15) is 0 Å². The molecule has 2 heterocycles. The molecule has 3 heteroatoms. The second-order valence-electron chi connectivity index (χ2n) is 2.11. The third-order valence-corrected chi connectivity index (χ3v) is 2.20. The zero-order valence-electron chi connectivity index (χ0n) is 7.15. The first kappa shape index (κ1) is 12.5. The summed E-state index contributed by atoms with van der Waals surface area (Å²) in [5.74, 6) is 0. The van der Waals surface area contributed by atoms with Crippen LogP contribution in [0.15, 0.2) is 35.8 Å². The van der Waals surface area contributed by atoms with E-state index in [0.717, 1.165) is 10.6 Å². The molecule has 0 unspecified atom stereocenters. The number of thiophene rings is 1. The minimum atomic E-state index is 0. The van der Waals surface area contributed by atoms with Crippen molar-refractivity contribution in [3.05, 3.63) is 49.3 Å². The molecule has 71 valence electrons. The summed E-state index contributed by atoms with van der Waals surface area (Å²) in [5.41, 5.74) is 1.00. The third kappa shape index (κ3) is 3.03. The average Bonchev–Trinajstić information content (AvgIpc) is 2.58.